The van der Waals surface area contributed by atoms with Crippen LogP contribution in [0.25, 0.3) is 0 Å². The lowest BCUT2D eigenvalue weighted by Crippen LogP contribution is -2.28. The molecule has 1 aliphatic rings. The molecule has 0 aromatic heterocycles. The van der Waals surface area contributed by atoms with Gasteiger partial charge in [-0.1, -0.05) is 0 Å². The Morgan fingerprint density at radius 3 is 2.74 bits per heavy atom. The van der Waals surface area contributed by atoms with Crippen LogP contribution in [0.1, 0.15) is 31.7 Å². The van der Waals surface area contributed by atoms with Crippen LogP contribution in [0.2, 0.25) is 0 Å². The van der Waals surface area contributed by atoms with Crippen LogP contribution in [0.4, 0.5) is 11.4 Å². The van der Waals surface area contributed by atoms with Crippen LogP contribution in [-0.4, -0.2) is 28.7 Å². The van der Waals surface area contributed by atoms with Crippen molar-refractivity contribution >= 4 is 11.4 Å². The van der Waals surface area contributed by atoms with Crippen LogP contribution in [0.3, 0.4) is 0 Å². The molecule has 0 radical (unpaired) electrons. The third kappa shape index (κ3) is 3.44. The zero-order chi connectivity index (χ0) is 14.0. The molecule has 0 amide bonds. The van der Waals surface area contributed by atoms with Gasteiger partial charge in [0.05, 0.1) is 10.5 Å². The van der Waals surface area contributed by atoms with Gasteiger partial charge < -0.3 is 10.0 Å². The monoisotopic (exact) mass is 264 g/mol. The summed E-state index contributed by atoms with van der Waals surface area (Å²) in [7, 11) is 0. The van der Waals surface area contributed by atoms with Crippen molar-refractivity contribution in [1.29, 1.82) is 0 Å². The number of non-ortho nitro benzene ring substituents is 1. The number of nitro groups is 1. The smallest absolute Gasteiger partial charge is 0.271 e. The SMILES string of the molecule is Cc1cc(N2CCCC(C)(O)CC2)cc([N+](=O)[O-])c1. The summed E-state index contributed by atoms with van der Waals surface area (Å²) >= 11 is 0. The van der Waals surface area contributed by atoms with Gasteiger partial charge in [0, 0.05) is 30.9 Å². The van der Waals surface area contributed by atoms with Crippen LogP contribution < -0.4 is 4.90 Å². The van der Waals surface area contributed by atoms with Crippen molar-refractivity contribution in [3.05, 3.63) is 33.9 Å². The maximum atomic E-state index is 10.9. The van der Waals surface area contributed by atoms with Crippen LogP contribution in [0, 0.1) is 17.0 Å². The normalized spacial score (nSPS) is 24.1. The molecule has 1 aliphatic heterocycles. The Morgan fingerprint density at radius 1 is 1.32 bits per heavy atom. The largest absolute Gasteiger partial charge is 0.390 e. The molecule has 0 spiro atoms. The molecule has 1 atom stereocenters. The molecular formula is C14H20N2O3. The number of benzene rings is 1. The fourth-order valence-corrected chi connectivity index (χ4v) is 2.55. The summed E-state index contributed by atoms with van der Waals surface area (Å²) in [4.78, 5) is 12.7. The van der Waals surface area contributed by atoms with E-state index in [1.165, 1.54) is 0 Å². The van der Waals surface area contributed by atoms with Crippen LogP contribution in [0.15, 0.2) is 18.2 Å². The van der Waals surface area contributed by atoms with E-state index >= 15 is 0 Å². The summed E-state index contributed by atoms with van der Waals surface area (Å²) < 4.78 is 0. The number of hydrogen-bond acceptors (Lipinski definition) is 4. The first-order valence-electron chi connectivity index (χ1n) is 6.61. The fourth-order valence-electron chi connectivity index (χ4n) is 2.55. The lowest BCUT2D eigenvalue weighted by Gasteiger charge is -2.24. The molecule has 0 saturated carbocycles. The number of rotatable bonds is 2. The Morgan fingerprint density at radius 2 is 2.05 bits per heavy atom. The Labute approximate surface area is 113 Å². The minimum atomic E-state index is -0.621. The number of aryl methyl sites for hydroxylation is 1. The number of nitrogens with zero attached hydrogens (tertiary/aromatic N) is 2. The molecule has 1 unspecified atom stereocenters. The van der Waals surface area contributed by atoms with Gasteiger partial charge >= 0.3 is 0 Å². The summed E-state index contributed by atoms with van der Waals surface area (Å²) in [5, 5.41) is 21.0. The van der Waals surface area contributed by atoms with Crippen LogP contribution in [0.5, 0.6) is 0 Å². The molecule has 1 N–H and O–H groups in total. The van der Waals surface area contributed by atoms with Crippen molar-refractivity contribution in [2.45, 2.75) is 38.7 Å². The van der Waals surface area contributed by atoms with E-state index in [1.54, 1.807) is 12.1 Å². The minimum Gasteiger partial charge on any atom is -0.390 e. The highest BCUT2D eigenvalue weighted by Crippen LogP contribution is 2.28. The van der Waals surface area contributed by atoms with Gasteiger partial charge in [0.25, 0.3) is 5.69 Å². The zero-order valence-electron chi connectivity index (χ0n) is 11.4. The molecule has 0 bridgehead atoms. The third-order valence-corrected chi connectivity index (χ3v) is 3.69. The van der Waals surface area contributed by atoms with Crippen molar-refractivity contribution in [1.82, 2.24) is 0 Å². The molecule has 19 heavy (non-hydrogen) atoms. The molecule has 1 aromatic carbocycles. The second-order valence-electron chi connectivity index (χ2n) is 5.62. The van der Waals surface area contributed by atoms with Crippen molar-refractivity contribution in [3.8, 4) is 0 Å². The van der Waals surface area contributed by atoms with Gasteiger partial charge in [-0.05, 0) is 44.7 Å². The number of nitro benzene ring substituents is 1. The van der Waals surface area contributed by atoms with E-state index in [-0.39, 0.29) is 10.6 Å². The van der Waals surface area contributed by atoms with Crippen molar-refractivity contribution in [2.24, 2.45) is 0 Å². The lowest BCUT2D eigenvalue weighted by molar-refractivity contribution is -0.384. The highest BCUT2D eigenvalue weighted by Gasteiger charge is 2.25. The molecule has 5 nitrogen and oxygen atoms in total. The zero-order valence-corrected chi connectivity index (χ0v) is 11.4. The average Bonchev–Trinajstić information content (AvgIpc) is 2.49. The Kier molecular flexibility index (Phi) is 3.75. The quantitative estimate of drug-likeness (QED) is 0.658. The van der Waals surface area contributed by atoms with Crippen molar-refractivity contribution < 1.29 is 10.0 Å². The highest BCUT2D eigenvalue weighted by molar-refractivity contribution is 5.55. The maximum Gasteiger partial charge on any atom is 0.271 e. The number of aliphatic hydroxyl groups is 1. The molecule has 0 aliphatic carbocycles. The first kappa shape index (κ1) is 13.8. The molecular weight excluding hydrogens is 244 g/mol. The predicted octanol–water partition coefficient (Wildman–Crippen LogP) is 2.64. The Bertz CT molecular complexity index is 486. The highest BCUT2D eigenvalue weighted by atomic mass is 16.6. The lowest BCUT2D eigenvalue weighted by atomic mass is 9.98. The average molecular weight is 264 g/mol. The Hall–Kier alpha value is -1.62. The van der Waals surface area contributed by atoms with Gasteiger partial charge in [-0.15, -0.1) is 0 Å². The van der Waals surface area contributed by atoms with Gasteiger partial charge in [0.2, 0.25) is 0 Å². The van der Waals surface area contributed by atoms with Crippen LogP contribution in [-0.2, 0) is 0 Å². The molecule has 1 aromatic rings. The van der Waals surface area contributed by atoms with Gasteiger partial charge in [0.15, 0.2) is 0 Å². The minimum absolute atomic E-state index is 0.131. The molecule has 104 valence electrons. The van der Waals surface area contributed by atoms with Crippen molar-refractivity contribution in [2.75, 3.05) is 18.0 Å². The third-order valence-electron chi connectivity index (χ3n) is 3.69. The second kappa shape index (κ2) is 5.17. The summed E-state index contributed by atoms with van der Waals surface area (Å²) in [5.74, 6) is 0. The van der Waals surface area contributed by atoms with E-state index < -0.39 is 5.60 Å². The van der Waals surface area contributed by atoms with Gasteiger partial charge in [-0.2, -0.15) is 0 Å². The van der Waals surface area contributed by atoms with E-state index in [0.29, 0.717) is 6.42 Å². The summed E-state index contributed by atoms with van der Waals surface area (Å²) in [5.41, 5.74) is 1.28. The number of hydrogen-bond donors (Lipinski definition) is 1. The van der Waals surface area contributed by atoms with E-state index in [9.17, 15) is 15.2 Å². The van der Waals surface area contributed by atoms with Gasteiger partial charge in [-0.3, -0.25) is 10.1 Å². The first-order chi connectivity index (χ1) is 8.87. The van der Waals surface area contributed by atoms with Gasteiger partial charge in [-0.25, -0.2) is 0 Å². The van der Waals surface area contributed by atoms with E-state index in [4.69, 9.17) is 0 Å². The molecule has 1 fully saturated rings. The van der Waals surface area contributed by atoms with E-state index in [1.807, 2.05) is 19.9 Å². The first-order valence-corrected chi connectivity index (χ1v) is 6.61. The second-order valence-corrected chi connectivity index (χ2v) is 5.62. The fraction of sp³-hybridized carbons (Fsp3) is 0.571. The molecule has 2 rings (SSSR count). The van der Waals surface area contributed by atoms with E-state index in [0.717, 1.165) is 37.2 Å². The predicted molar refractivity (Wildman–Crippen MR) is 74.5 cm³/mol. The Balaban J connectivity index is 2.24. The van der Waals surface area contributed by atoms with Crippen LogP contribution >= 0.6 is 0 Å². The number of anilines is 1. The standard InChI is InChI=1S/C14H20N2O3/c1-11-8-12(10-13(9-11)16(18)19)15-6-3-4-14(2,17)5-7-15/h8-10,17H,3-7H2,1-2H3. The summed E-state index contributed by atoms with van der Waals surface area (Å²) in [6, 6.07) is 5.16. The molecule has 5 heteroatoms. The molecule has 1 saturated heterocycles. The summed E-state index contributed by atoms with van der Waals surface area (Å²) in [6.45, 7) is 5.28. The summed E-state index contributed by atoms with van der Waals surface area (Å²) in [6.07, 6.45) is 2.36. The maximum absolute atomic E-state index is 10.9. The molecule has 1 heterocycles. The van der Waals surface area contributed by atoms with Crippen molar-refractivity contribution in [3.63, 3.8) is 0 Å². The van der Waals surface area contributed by atoms with Gasteiger partial charge in [0.1, 0.15) is 0 Å². The van der Waals surface area contributed by atoms with E-state index in [2.05, 4.69) is 4.90 Å². The topological polar surface area (TPSA) is 66.6 Å².